The second-order valence-corrected chi connectivity index (χ2v) is 11.9. The van der Waals surface area contributed by atoms with Gasteiger partial charge in [0.05, 0.1) is 21.1 Å². The number of carboxylic acid groups (broad SMARTS) is 1. The molecule has 0 aliphatic heterocycles. The fraction of sp³-hybridized carbons (Fsp3) is 0.696. The van der Waals surface area contributed by atoms with Gasteiger partial charge in [0.1, 0.15) is 0 Å². The van der Waals surface area contributed by atoms with Crippen LogP contribution in [0.5, 0.6) is 0 Å². The number of rotatable bonds is 18. The monoisotopic (exact) mass is 700 g/mol. The topological polar surface area (TPSA) is 126 Å². The van der Waals surface area contributed by atoms with Crippen LogP contribution in [0.15, 0.2) is 28.0 Å². The van der Waals surface area contributed by atoms with E-state index in [1.54, 1.807) is 0 Å². The van der Waals surface area contributed by atoms with Crippen molar-refractivity contribution in [3.63, 3.8) is 0 Å². The summed E-state index contributed by atoms with van der Waals surface area (Å²) in [6.45, 7) is 2.22. The number of hydrogen-bond donors (Lipinski definition) is 2. The quantitative estimate of drug-likeness (QED) is 0.126. The molecule has 0 unspecified atom stereocenters. The third-order valence-corrected chi connectivity index (χ3v) is 8.28. The molecule has 0 saturated carbocycles. The molecule has 0 bridgehead atoms. The number of benzene rings is 1. The third-order valence-electron chi connectivity index (χ3n) is 5.58. The molecule has 190 valence electrons. The van der Waals surface area contributed by atoms with Crippen molar-refractivity contribution in [2.45, 2.75) is 107 Å². The van der Waals surface area contributed by atoms with Crippen molar-refractivity contribution in [3.05, 3.63) is 23.8 Å². The maximum atomic E-state index is 12.6. The molecule has 0 saturated heterocycles. The van der Waals surface area contributed by atoms with Gasteiger partial charge < -0.3 is 5.11 Å². The van der Waals surface area contributed by atoms with Gasteiger partial charge >= 0.3 is 33.3 Å². The van der Waals surface area contributed by atoms with Crippen LogP contribution in [0.2, 0.25) is 0 Å². The molecular formula is C23H40O7PbS2. The summed E-state index contributed by atoms with van der Waals surface area (Å²) in [4.78, 5) is 10.3. The van der Waals surface area contributed by atoms with E-state index in [1.807, 2.05) is 0 Å². The minimum atomic E-state index is -4.62. The van der Waals surface area contributed by atoms with Crippen molar-refractivity contribution in [1.82, 2.24) is 0 Å². The van der Waals surface area contributed by atoms with E-state index in [4.69, 9.17) is 4.55 Å². The summed E-state index contributed by atoms with van der Waals surface area (Å²) in [7, 11) is -8.49. The van der Waals surface area contributed by atoms with Gasteiger partial charge in [0.15, 0.2) is 9.84 Å². The first-order valence-corrected chi connectivity index (χ1v) is 14.8. The molecule has 0 spiro atoms. The van der Waals surface area contributed by atoms with Crippen molar-refractivity contribution in [3.8, 4) is 0 Å². The zero-order valence-electron chi connectivity index (χ0n) is 19.8. The molecule has 7 nitrogen and oxygen atoms in total. The van der Waals surface area contributed by atoms with Crippen LogP contribution in [-0.2, 0) is 20.0 Å². The van der Waals surface area contributed by atoms with Gasteiger partial charge in [-0.25, -0.2) is 13.2 Å². The molecule has 0 amide bonds. The van der Waals surface area contributed by atoms with E-state index in [9.17, 15) is 26.7 Å². The molecular weight excluding hydrogens is 660 g/mol. The Kier molecular flexibility index (Phi) is 16.7. The Labute approximate surface area is 219 Å². The summed E-state index contributed by atoms with van der Waals surface area (Å²) in [6.07, 6.45) is 16.0. The molecule has 0 fully saturated rings. The van der Waals surface area contributed by atoms with Crippen molar-refractivity contribution in [1.29, 1.82) is 0 Å². The Morgan fingerprint density at radius 3 is 1.58 bits per heavy atom. The zero-order valence-corrected chi connectivity index (χ0v) is 26.9. The summed E-state index contributed by atoms with van der Waals surface area (Å²) >= 11 is 0. The van der Waals surface area contributed by atoms with Crippen molar-refractivity contribution >= 4 is 53.2 Å². The van der Waals surface area contributed by atoms with Crippen LogP contribution in [0.4, 0.5) is 0 Å². The predicted molar refractivity (Wildman–Crippen MR) is 134 cm³/mol. The predicted octanol–water partition coefficient (Wildman–Crippen LogP) is 4.97. The molecule has 10 heteroatoms. The number of carbonyl (C=O) groups is 1. The van der Waals surface area contributed by atoms with Crippen LogP contribution in [-0.4, -0.2) is 65.5 Å². The molecule has 2 N–H and O–H groups in total. The van der Waals surface area contributed by atoms with E-state index in [0.29, 0.717) is 12.5 Å². The molecule has 33 heavy (non-hydrogen) atoms. The second kappa shape index (κ2) is 17.0. The fourth-order valence-electron chi connectivity index (χ4n) is 3.70. The van der Waals surface area contributed by atoms with E-state index in [1.165, 1.54) is 57.8 Å². The molecule has 2 radical (unpaired) electrons. The van der Waals surface area contributed by atoms with Crippen LogP contribution in [0.25, 0.3) is 0 Å². The van der Waals surface area contributed by atoms with Gasteiger partial charge in [0.25, 0.3) is 10.1 Å². The Balaban J connectivity index is 0.0000102. The van der Waals surface area contributed by atoms with Gasteiger partial charge in [0.2, 0.25) is 0 Å². The van der Waals surface area contributed by atoms with E-state index in [2.05, 4.69) is 6.92 Å². The zero-order chi connectivity index (χ0) is 24.0. The SMILES string of the molecule is CCCCCCCCCCCCCCCCS(=O)(=O)c1ccc(S(=O)(=O)O)cc1C(=O)O.[PbH2]. The Morgan fingerprint density at radius 1 is 0.758 bits per heavy atom. The summed E-state index contributed by atoms with van der Waals surface area (Å²) < 4.78 is 56.6. The van der Waals surface area contributed by atoms with E-state index in [-0.39, 0.29) is 33.1 Å². The maximum absolute atomic E-state index is 12.6. The Hall–Kier alpha value is -0.528. The summed E-state index contributed by atoms with van der Waals surface area (Å²) in [5.41, 5.74) is -0.648. The minimum absolute atomic E-state index is 0. The number of unbranched alkanes of at least 4 members (excludes halogenated alkanes) is 13. The summed E-state index contributed by atoms with van der Waals surface area (Å²) in [6, 6.07) is 2.52. The fourth-order valence-corrected chi connectivity index (χ4v) is 5.77. The van der Waals surface area contributed by atoms with Crippen LogP contribution >= 0.6 is 0 Å². The van der Waals surface area contributed by atoms with Crippen LogP contribution < -0.4 is 0 Å². The molecule has 0 aromatic heterocycles. The van der Waals surface area contributed by atoms with Crippen molar-refractivity contribution in [2.24, 2.45) is 0 Å². The Morgan fingerprint density at radius 2 is 1.18 bits per heavy atom. The second-order valence-electron chi connectivity index (χ2n) is 8.35. The van der Waals surface area contributed by atoms with Crippen LogP contribution in [0.1, 0.15) is 107 Å². The summed E-state index contributed by atoms with van der Waals surface area (Å²) in [5, 5.41) is 9.27. The van der Waals surface area contributed by atoms with Gasteiger partial charge in [-0.15, -0.1) is 0 Å². The number of sulfone groups is 1. The van der Waals surface area contributed by atoms with Crippen molar-refractivity contribution < 1.29 is 31.3 Å². The van der Waals surface area contributed by atoms with E-state index >= 15 is 0 Å². The molecule has 0 atom stereocenters. The van der Waals surface area contributed by atoms with E-state index < -0.39 is 41.3 Å². The normalized spacial score (nSPS) is 11.8. The number of hydrogen-bond acceptors (Lipinski definition) is 5. The van der Waals surface area contributed by atoms with Gasteiger partial charge in [-0.05, 0) is 24.6 Å². The molecule has 1 aromatic carbocycles. The van der Waals surface area contributed by atoms with Crippen LogP contribution in [0.3, 0.4) is 0 Å². The average molecular weight is 700 g/mol. The average Bonchev–Trinajstić information content (AvgIpc) is 2.72. The molecule has 0 aliphatic carbocycles. The first-order chi connectivity index (χ1) is 15.1. The molecule has 0 aliphatic rings. The van der Waals surface area contributed by atoms with Gasteiger partial charge in [-0.3, -0.25) is 4.55 Å². The van der Waals surface area contributed by atoms with Crippen LogP contribution in [0, 0.1) is 0 Å². The standard InChI is InChI=1S/C23H38O7S2.Pb.2H/c1-2-3-4-5-6-7-8-9-10-11-12-13-14-15-18-31(26,27)22-17-16-20(32(28,29)30)19-21(22)23(24)25;;;/h16-17,19H,2-15,18H2,1H3,(H,24,25)(H,28,29,30);;;. The van der Waals surface area contributed by atoms with Gasteiger partial charge in [-0.2, -0.15) is 8.42 Å². The van der Waals surface area contributed by atoms with Gasteiger partial charge in [0, 0.05) is 0 Å². The molecule has 1 aromatic rings. The summed E-state index contributed by atoms with van der Waals surface area (Å²) in [5.74, 6) is -1.76. The van der Waals surface area contributed by atoms with Crippen molar-refractivity contribution in [2.75, 3.05) is 5.75 Å². The molecule has 0 heterocycles. The first kappa shape index (κ1) is 32.5. The number of carboxylic acids is 1. The third kappa shape index (κ3) is 13.2. The molecule has 1 rings (SSSR count). The van der Waals surface area contributed by atoms with Gasteiger partial charge in [-0.1, -0.05) is 90.4 Å². The first-order valence-electron chi connectivity index (χ1n) is 11.7. The van der Waals surface area contributed by atoms with E-state index in [0.717, 1.165) is 37.8 Å². The number of aromatic carboxylic acids is 1. The Bertz CT molecular complexity index is 913.